The van der Waals surface area contributed by atoms with Crippen molar-refractivity contribution in [1.82, 2.24) is 49.8 Å². The van der Waals surface area contributed by atoms with Gasteiger partial charge in [0.15, 0.2) is 29.1 Å². The van der Waals surface area contributed by atoms with E-state index in [9.17, 15) is 17.6 Å². The first-order valence-electron chi connectivity index (χ1n) is 46.9. The Morgan fingerprint density at radius 2 is 0.559 bits per heavy atom. The molecular weight excluding hydrogens is 1820 g/mol. The maximum absolute atomic E-state index is 16.2. The lowest BCUT2D eigenvalue weighted by Crippen LogP contribution is -2.26. The minimum atomic E-state index is -0.544. The van der Waals surface area contributed by atoms with Crippen molar-refractivity contribution in [3.8, 4) is 62.2 Å². The van der Waals surface area contributed by atoms with Crippen molar-refractivity contribution in [3.05, 3.63) is 421 Å². The van der Waals surface area contributed by atoms with Crippen molar-refractivity contribution in [2.45, 2.75) is 38.5 Å². The fourth-order valence-corrected chi connectivity index (χ4v) is 20.0. The molecule has 26 rings (SSSR count). The average Bonchev–Trinajstić information content (AvgIpc) is 1.74. The van der Waals surface area contributed by atoms with Crippen molar-refractivity contribution in [1.29, 1.82) is 0 Å². The van der Waals surface area contributed by atoms with Crippen LogP contribution in [0.3, 0.4) is 0 Å². The minimum absolute atomic E-state index is 0.00581. The number of pyridine rings is 10. The molecule has 143 heavy (non-hydrogen) atoms. The molecule has 17 nitrogen and oxygen atoms in total. The Balaban J connectivity index is 0.000000102. The number of aryl methyl sites for hydroxylation is 1. The van der Waals surface area contributed by atoms with Crippen molar-refractivity contribution in [2.75, 3.05) is 76.7 Å². The number of halogens is 9. The number of para-hydroxylation sites is 4. The molecule has 1 N–H and O–H groups in total. The van der Waals surface area contributed by atoms with Crippen LogP contribution >= 0.6 is 0 Å². The number of anilines is 11. The number of rotatable bonds is 12. The van der Waals surface area contributed by atoms with E-state index in [0.717, 1.165) is 134 Å². The first kappa shape index (κ1) is 90.6. The molecule has 0 atom stereocenters. The summed E-state index contributed by atoms with van der Waals surface area (Å²) in [6.07, 6.45) is 20.9. The summed E-state index contributed by atoms with van der Waals surface area (Å²) in [5.41, 5.74) is 18.3. The predicted molar refractivity (Wildman–Crippen MR) is 548 cm³/mol. The lowest BCUT2D eigenvalue weighted by atomic mass is 9.99. The molecule has 26 heteroatoms. The van der Waals surface area contributed by atoms with Crippen LogP contribution in [0.15, 0.2) is 341 Å². The van der Waals surface area contributed by atoms with Crippen molar-refractivity contribution in [2.24, 2.45) is 0 Å². The van der Waals surface area contributed by atoms with E-state index in [0.29, 0.717) is 110 Å². The highest BCUT2D eigenvalue weighted by Crippen LogP contribution is 2.50. The maximum Gasteiger partial charge on any atom is 0.215 e. The third kappa shape index (κ3) is 17.0. The lowest BCUT2D eigenvalue weighted by Gasteiger charge is -2.32. The fourth-order valence-electron chi connectivity index (χ4n) is 20.0. The molecule has 0 saturated carbocycles. The number of methoxy groups -OCH3 is 1. The van der Waals surface area contributed by atoms with Crippen LogP contribution < -0.4 is 34.6 Å². The second kappa shape index (κ2) is 39.0. The molecule has 0 bridgehead atoms. The average molecular weight is 1900 g/mol. The van der Waals surface area contributed by atoms with Crippen LogP contribution in [0.1, 0.15) is 34.2 Å². The number of aromatic nitrogens is 10. The zero-order valence-corrected chi connectivity index (χ0v) is 77.1. The number of fused-ring (bicyclic) bond motifs is 11. The highest BCUT2D eigenvalue weighted by molar-refractivity contribution is 6.05. The molecule has 0 amide bonds. The Morgan fingerprint density at radius 3 is 0.930 bits per heavy atom. The van der Waals surface area contributed by atoms with Gasteiger partial charge in [0.25, 0.3) is 0 Å². The molecule has 0 radical (unpaired) electrons. The normalized spacial score (nSPS) is 13.2. The van der Waals surface area contributed by atoms with Gasteiger partial charge in [-0.25, -0.2) is 69.4 Å². The van der Waals surface area contributed by atoms with Gasteiger partial charge in [-0.15, -0.1) is 0 Å². The van der Waals surface area contributed by atoms with E-state index in [1.807, 2.05) is 233 Å². The van der Waals surface area contributed by atoms with Gasteiger partial charge in [0, 0.05) is 185 Å². The molecule has 0 fully saturated rings. The van der Waals surface area contributed by atoms with Crippen LogP contribution in [0.25, 0.3) is 122 Å². The predicted octanol–water partition coefficient (Wildman–Crippen LogP) is 27.8. The van der Waals surface area contributed by atoms with Crippen LogP contribution in [0.4, 0.5) is 102 Å². The lowest BCUT2D eigenvalue weighted by molar-refractivity contribution is 0.398. The summed E-state index contributed by atoms with van der Waals surface area (Å²) in [7, 11) is 3.36. The van der Waals surface area contributed by atoms with E-state index < -0.39 is 46.5 Å². The zero-order valence-electron chi connectivity index (χ0n) is 77.1. The third-order valence-corrected chi connectivity index (χ3v) is 26.7. The topological polar surface area (TPSA) is 166 Å². The monoisotopic (exact) mass is 1900 g/mol. The van der Waals surface area contributed by atoms with Crippen LogP contribution in [0.2, 0.25) is 0 Å². The largest absolute Gasteiger partial charge is 0.481 e. The van der Waals surface area contributed by atoms with E-state index >= 15 is 22.0 Å². The molecule has 0 saturated heterocycles. The second-order valence-corrected chi connectivity index (χ2v) is 34.8. The van der Waals surface area contributed by atoms with Gasteiger partial charge in [0.1, 0.15) is 51.7 Å². The Kier molecular flexibility index (Phi) is 24.7. The molecule has 10 aromatic heterocycles. The summed E-state index contributed by atoms with van der Waals surface area (Å²) in [5, 5.41) is 8.76. The smallest absolute Gasteiger partial charge is 0.215 e. The standard InChI is InChI=1S/C26H18FN3.C23H18F2N4.C23H17F2N3O.C23H17F2N3.C22H15F2N3/c27-24-25(20-10-5-7-17-6-1-2-8-19(17)20)29-22-11-4-3-9-21(22)26(24)30-15-13-18-16-28-14-12-23(18)30;1-26-15-6-7-17-19(12-15)28-22(16-4-2-3-5-18(16)24)21(25)23(17)29-11-9-14-13-27-10-8-20(14)29;1-29-20-12-19-14(13-26-20)10-11-28(19)23-16-7-3-5-9-18(16)27-22(21(23)25)15-6-2-4-8-17(15)24;24-18-9-3-1-7-16(18)22-21(25)23(17-8-2-4-10-19(17)27-22)28-13-5-6-15-14-26-12-11-20(15)28;23-17-7-3-1-5-15(17)21-20(24)22(16-6-2-4-8-18(16)26-21)27-12-10-14-13-25-11-9-19(14)27/h1-12,14,16H,13,15H2;2-8,10,12-13,26H,9,11H2,1H3;2-9,12-13H,10-11H2,1H3;1-4,7-12,14H,5-6,13H2;1-9,11,13H,10,12H2. The van der Waals surface area contributed by atoms with E-state index in [4.69, 9.17) is 9.72 Å². The molecule has 0 aliphatic carbocycles. The van der Waals surface area contributed by atoms with Crippen molar-refractivity contribution >= 4 is 128 Å². The molecule has 21 aromatic rings. The minimum Gasteiger partial charge on any atom is -0.481 e. The van der Waals surface area contributed by atoms with Gasteiger partial charge in [0.2, 0.25) is 5.88 Å². The van der Waals surface area contributed by atoms with Gasteiger partial charge >= 0.3 is 0 Å². The molecule has 0 spiro atoms. The summed E-state index contributed by atoms with van der Waals surface area (Å²) in [4.78, 5) is 53.5. The number of nitrogens with one attached hydrogen (secondary N) is 1. The molecule has 11 aromatic carbocycles. The first-order valence-corrected chi connectivity index (χ1v) is 46.9. The number of benzene rings is 11. The van der Waals surface area contributed by atoms with E-state index in [1.54, 1.807) is 117 Å². The fraction of sp³-hybridized carbons (Fsp3) is 0.111. The molecule has 15 heterocycles. The SMILES string of the molecule is CNc1ccc2c(N3CCc4cnccc43)c(F)c(-c3ccccc3F)nc2c1.COc1cc2c(cn1)CCN2c1c(F)c(-c2ccccc2F)nc2ccccc12.Fc1c(-c2cccc3ccccc23)nc2ccccc2c1N1CCc2cnccc21.Fc1ccccc1-c1nc2ccccc2c(N2CCCc3cnccc32)c1F.Fc1ccccc1-c1nc2ccccc2c(N2CCc3cnccc32)c1F. The molecule has 702 valence electrons. The molecule has 5 aliphatic rings. The second-order valence-electron chi connectivity index (χ2n) is 34.8. The van der Waals surface area contributed by atoms with Gasteiger partial charge in [0.05, 0.1) is 68.8 Å². The van der Waals surface area contributed by atoms with E-state index in [1.165, 1.54) is 24.3 Å². The Bertz CT molecular complexity index is 8550. The van der Waals surface area contributed by atoms with Gasteiger partial charge in [-0.05, 0) is 192 Å². The van der Waals surface area contributed by atoms with Crippen molar-refractivity contribution < 1.29 is 44.3 Å². The Hall–Kier alpha value is -17.6. The molecular formula is C117H85F9N16O. The Labute approximate surface area is 815 Å². The van der Waals surface area contributed by atoms with Crippen LogP contribution in [0.5, 0.6) is 5.88 Å². The molecule has 0 unspecified atom stereocenters. The highest BCUT2D eigenvalue weighted by atomic mass is 19.2. The van der Waals surface area contributed by atoms with Crippen molar-refractivity contribution in [3.63, 3.8) is 0 Å². The van der Waals surface area contributed by atoms with Gasteiger partial charge < -0.3 is 34.6 Å². The maximum atomic E-state index is 16.2. The van der Waals surface area contributed by atoms with E-state index in [2.05, 4.69) is 55.1 Å². The first-order chi connectivity index (χ1) is 70.1. The zero-order chi connectivity index (χ0) is 97.5. The number of hydrogen-bond donors (Lipinski definition) is 1. The summed E-state index contributed by atoms with van der Waals surface area (Å²) >= 11 is 0. The van der Waals surface area contributed by atoms with Crippen LogP contribution in [-0.4, -0.2) is 96.7 Å². The highest BCUT2D eigenvalue weighted by Gasteiger charge is 2.36. The number of nitrogens with zero attached hydrogens (tertiary/aromatic N) is 15. The van der Waals surface area contributed by atoms with Crippen LogP contribution in [-0.2, 0) is 32.1 Å². The summed E-state index contributed by atoms with van der Waals surface area (Å²) in [5.74, 6) is -3.89. The van der Waals surface area contributed by atoms with Gasteiger partial charge in [-0.3, -0.25) is 19.9 Å². The summed E-state index contributed by atoms with van der Waals surface area (Å²) in [6, 6.07) is 83.6. The van der Waals surface area contributed by atoms with Gasteiger partial charge in [-0.1, -0.05) is 164 Å². The summed E-state index contributed by atoms with van der Waals surface area (Å²) < 4.78 is 143. The number of ether oxygens (including phenoxy) is 1. The number of hydrogen-bond acceptors (Lipinski definition) is 17. The molecule has 5 aliphatic heterocycles. The summed E-state index contributed by atoms with van der Waals surface area (Å²) in [6.45, 7) is 3.26. The van der Waals surface area contributed by atoms with Gasteiger partial charge in [-0.2, -0.15) is 0 Å². The van der Waals surface area contributed by atoms with E-state index in [-0.39, 0.29) is 50.8 Å². The van der Waals surface area contributed by atoms with Crippen LogP contribution in [0, 0.1) is 52.4 Å². The quantitative estimate of drug-likeness (QED) is 0.115. The Morgan fingerprint density at radius 1 is 0.266 bits per heavy atom. The third-order valence-electron chi connectivity index (χ3n) is 26.7.